The maximum Gasteiger partial charge on any atom is 0.317 e. The van der Waals surface area contributed by atoms with E-state index in [0.717, 1.165) is 31.6 Å². The largest absolute Gasteiger partial charge is 0.368 e. The fourth-order valence-electron chi connectivity index (χ4n) is 3.47. The van der Waals surface area contributed by atoms with E-state index in [1.807, 2.05) is 4.90 Å². The second-order valence-corrected chi connectivity index (χ2v) is 6.82. The quantitative estimate of drug-likeness (QED) is 0.620. The van der Waals surface area contributed by atoms with Gasteiger partial charge in [-0.25, -0.2) is 4.79 Å². The van der Waals surface area contributed by atoms with Gasteiger partial charge in [0.25, 0.3) is 5.69 Å². The van der Waals surface area contributed by atoms with Crippen molar-refractivity contribution in [3.8, 4) is 0 Å². The average Bonchev–Trinajstić information content (AvgIpc) is 3.23. The number of likely N-dealkylation sites (tertiary alicyclic amines) is 1. The molecule has 0 radical (unpaired) electrons. The molecule has 0 unspecified atom stereocenters. The number of non-ortho nitro benzene ring substituents is 1. The highest BCUT2D eigenvalue weighted by molar-refractivity contribution is 5.78. The molecule has 2 heterocycles. The number of nitrogens with one attached hydrogen (secondary N) is 1. The molecule has 0 bridgehead atoms. The van der Waals surface area contributed by atoms with Crippen LogP contribution >= 0.6 is 0 Å². The second kappa shape index (κ2) is 8.70. The zero-order chi connectivity index (χ0) is 19.2. The molecule has 2 fully saturated rings. The third kappa shape index (κ3) is 4.87. The summed E-state index contributed by atoms with van der Waals surface area (Å²) in [6.07, 6.45) is 2.47. The summed E-state index contributed by atoms with van der Waals surface area (Å²) in [5, 5.41) is 13.6. The Morgan fingerprint density at radius 3 is 2.19 bits per heavy atom. The molecule has 2 aliphatic heterocycles. The van der Waals surface area contributed by atoms with Gasteiger partial charge in [0, 0.05) is 70.1 Å². The highest BCUT2D eigenvalue weighted by atomic mass is 16.6. The Balaban J connectivity index is 1.39. The molecule has 0 aliphatic carbocycles. The predicted octanol–water partition coefficient (Wildman–Crippen LogP) is 1.44. The molecular weight excluding hydrogens is 350 g/mol. The first-order chi connectivity index (χ1) is 13.0. The minimum Gasteiger partial charge on any atom is -0.368 e. The van der Waals surface area contributed by atoms with Gasteiger partial charge >= 0.3 is 6.03 Å². The third-order valence-electron chi connectivity index (χ3n) is 5.07. The van der Waals surface area contributed by atoms with Crippen LogP contribution in [0.2, 0.25) is 0 Å². The van der Waals surface area contributed by atoms with Gasteiger partial charge in [-0.3, -0.25) is 14.9 Å². The Labute approximate surface area is 158 Å². The molecule has 3 rings (SSSR count). The Morgan fingerprint density at radius 1 is 0.963 bits per heavy atom. The fourth-order valence-corrected chi connectivity index (χ4v) is 3.47. The van der Waals surface area contributed by atoms with E-state index < -0.39 is 4.92 Å². The first-order valence-corrected chi connectivity index (χ1v) is 9.34. The van der Waals surface area contributed by atoms with Crippen LogP contribution in [-0.2, 0) is 4.79 Å². The van der Waals surface area contributed by atoms with Crippen LogP contribution in [0.5, 0.6) is 0 Å². The van der Waals surface area contributed by atoms with Gasteiger partial charge in [0.15, 0.2) is 0 Å². The standard InChI is InChI=1S/C18H25N5O4/c24-17(21-9-1-2-10-21)7-8-19-18(25)22-13-11-20(12-14-22)15-3-5-16(6-4-15)23(26)27/h3-6H,1-2,7-14H2,(H,19,25). The molecule has 0 spiro atoms. The molecule has 2 aliphatic rings. The number of nitro benzene ring substituents is 1. The van der Waals surface area contributed by atoms with Gasteiger partial charge in [0.1, 0.15) is 0 Å². The van der Waals surface area contributed by atoms with Crippen molar-refractivity contribution in [2.75, 3.05) is 50.7 Å². The minimum absolute atomic E-state index is 0.0697. The number of rotatable bonds is 5. The summed E-state index contributed by atoms with van der Waals surface area (Å²) in [7, 11) is 0. The summed E-state index contributed by atoms with van der Waals surface area (Å²) in [4.78, 5) is 40.2. The lowest BCUT2D eigenvalue weighted by Crippen LogP contribution is -2.52. The lowest BCUT2D eigenvalue weighted by Gasteiger charge is -2.36. The number of nitrogens with zero attached hydrogens (tertiary/aromatic N) is 4. The van der Waals surface area contributed by atoms with Crippen LogP contribution < -0.4 is 10.2 Å². The molecule has 3 amide bonds. The van der Waals surface area contributed by atoms with E-state index >= 15 is 0 Å². The van der Waals surface area contributed by atoms with Gasteiger partial charge in [0.2, 0.25) is 5.91 Å². The molecule has 1 aromatic rings. The van der Waals surface area contributed by atoms with E-state index in [1.54, 1.807) is 17.0 Å². The molecule has 0 atom stereocenters. The molecule has 0 saturated carbocycles. The van der Waals surface area contributed by atoms with Crippen molar-refractivity contribution in [3.63, 3.8) is 0 Å². The summed E-state index contributed by atoms with van der Waals surface area (Å²) in [5.41, 5.74) is 0.983. The maximum absolute atomic E-state index is 12.3. The van der Waals surface area contributed by atoms with E-state index in [2.05, 4.69) is 10.2 Å². The monoisotopic (exact) mass is 375 g/mol. The summed E-state index contributed by atoms with van der Waals surface area (Å²) in [6.45, 7) is 4.49. The molecule has 0 aromatic heterocycles. The topological polar surface area (TPSA) is 99.0 Å². The van der Waals surface area contributed by atoms with Crippen LogP contribution in [0.1, 0.15) is 19.3 Å². The molecule has 9 nitrogen and oxygen atoms in total. The van der Waals surface area contributed by atoms with Crippen LogP contribution in [0.3, 0.4) is 0 Å². The van der Waals surface area contributed by atoms with Crippen molar-refractivity contribution in [1.29, 1.82) is 0 Å². The Hall–Kier alpha value is -2.84. The first kappa shape index (κ1) is 18.9. The van der Waals surface area contributed by atoms with E-state index in [0.29, 0.717) is 39.1 Å². The van der Waals surface area contributed by atoms with Gasteiger partial charge in [0.05, 0.1) is 4.92 Å². The smallest absolute Gasteiger partial charge is 0.317 e. The Bertz CT molecular complexity index is 679. The van der Waals surface area contributed by atoms with Gasteiger partial charge in [-0.2, -0.15) is 0 Å². The van der Waals surface area contributed by atoms with Crippen molar-refractivity contribution in [2.45, 2.75) is 19.3 Å². The van der Waals surface area contributed by atoms with Crippen LogP contribution in [0.25, 0.3) is 0 Å². The summed E-state index contributed by atoms with van der Waals surface area (Å²) in [6, 6.07) is 6.31. The number of urea groups is 1. The number of carbonyl (C=O) groups is 2. The molecule has 2 saturated heterocycles. The average molecular weight is 375 g/mol. The van der Waals surface area contributed by atoms with E-state index in [9.17, 15) is 19.7 Å². The Kier molecular flexibility index (Phi) is 6.10. The summed E-state index contributed by atoms with van der Waals surface area (Å²) >= 11 is 0. The van der Waals surface area contributed by atoms with Gasteiger partial charge in [-0.05, 0) is 25.0 Å². The maximum atomic E-state index is 12.3. The highest BCUT2D eigenvalue weighted by Crippen LogP contribution is 2.20. The summed E-state index contributed by atoms with van der Waals surface area (Å²) < 4.78 is 0. The third-order valence-corrected chi connectivity index (χ3v) is 5.07. The number of carbonyl (C=O) groups excluding carboxylic acids is 2. The normalized spacial score (nSPS) is 17.1. The van der Waals surface area contributed by atoms with Crippen LogP contribution in [0.4, 0.5) is 16.2 Å². The number of piperazine rings is 1. The molecular formula is C18H25N5O4. The van der Waals surface area contributed by atoms with Gasteiger partial charge in [-0.1, -0.05) is 0 Å². The number of hydrogen-bond acceptors (Lipinski definition) is 5. The predicted molar refractivity (Wildman–Crippen MR) is 101 cm³/mol. The molecule has 27 heavy (non-hydrogen) atoms. The molecule has 9 heteroatoms. The molecule has 1 aromatic carbocycles. The van der Waals surface area contributed by atoms with Gasteiger partial charge in [-0.15, -0.1) is 0 Å². The zero-order valence-corrected chi connectivity index (χ0v) is 15.3. The first-order valence-electron chi connectivity index (χ1n) is 9.34. The van der Waals surface area contributed by atoms with Gasteiger partial charge < -0.3 is 20.0 Å². The van der Waals surface area contributed by atoms with E-state index in [1.165, 1.54) is 12.1 Å². The fraction of sp³-hybridized carbons (Fsp3) is 0.556. The highest BCUT2D eigenvalue weighted by Gasteiger charge is 2.22. The van der Waals surface area contributed by atoms with Crippen molar-refractivity contribution in [3.05, 3.63) is 34.4 Å². The van der Waals surface area contributed by atoms with E-state index in [-0.39, 0.29) is 17.6 Å². The molecule has 1 N–H and O–H groups in total. The SMILES string of the molecule is O=C(CCNC(=O)N1CCN(c2ccc([N+](=O)[O-])cc2)CC1)N1CCCC1. The lowest BCUT2D eigenvalue weighted by molar-refractivity contribution is -0.384. The number of anilines is 1. The second-order valence-electron chi connectivity index (χ2n) is 6.82. The number of nitro groups is 1. The number of amides is 3. The summed E-state index contributed by atoms with van der Waals surface area (Å²) in [5.74, 6) is 0.107. The van der Waals surface area contributed by atoms with Crippen LogP contribution in [0, 0.1) is 10.1 Å². The van der Waals surface area contributed by atoms with Crippen LogP contribution in [-0.4, -0.2) is 72.5 Å². The van der Waals surface area contributed by atoms with Crippen molar-refractivity contribution in [2.24, 2.45) is 0 Å². The number of hydrogen-bond donors (Lipinski definition) is 1. The number of benzene rings is 1. The van der Waals surface area contributed by atoms with Crippen molar-refractivity contribution < 1.29 is 14.5 Å². The Morgan fingerprint density at radius 2 is 1.59 bits per heavy atom. The van der Waals surface area contributed by atoms with Crippen LogP contribution in [0.15, 0.2) is 24.3 Å². The van der Waals surface area contributed by atoms with Crippen molar-refractivity contribution >= 4 is 23.3 Å². The zero-order valence-electron chi connectivity index (χ0n) is 15.3. The molecule has 146 valence electrons. The lowest BCUT2D eigenvalue weighted by atomic mass is 10.2. The van der Waals surface area contributed by atoms with E-state index in [4.69, 9.17) is 0 Å². The minimum atomic E-state index is -0.416. The van der Waals surface area contributed by atoms with Crippen molar-refractivity contribution in [1.82, 2.24) is 15.1 Å².